The van der Waals surface area contributed by atoms with Gasteiger partial charge in [-0.05, 0) is 36.9 Å². The molecule has 2 N–H and O–H groups in total. The average molecular weight is 338 g/mol. The van der Waals surface area contributed by atoms with Gasteiger partial charge in [0.1, 0.15) is 0 Å². The molecule has 2 aromatic rings. The molecule has 1 aliphatic rings. The maximum atomic E-state index is 12.7. The summed E-state index contributed by atoms with van der Waals surface area (Å²) in [5, 5.41) is 1.75. The Morgan fingerprint density at radius 1 is 0.720 bits per heavy atom. The standard InChI is InChI=1S/C21H26N2O2/c22-14-6-4-2-1-3-5-7-15-23-20(24)17-12-8-10-16-11-9-13-18(19(16)17)21(23)25/h8-13H,1-7,14-15,22H2. The lowest BCUT2D eigenvalue weighted by molar-refractivity contribution is 0.0607. The second kappa shape index (κ2) is 8.26. The highest BCUT2D eigenvalue weighted by molar-refractivity contribution is 6.25. The Morgan fingerprint density at radius 3 is 1.80 bits per heavy atom. The molecule has 4 heteroatoms. The van der Waals surface area contributed by atoms with E-state index < -0.39 is 0 Å². The fraction of sp³-hybridized carbons (Fsp3) is 0.429. The molecular formula is C21H26N2O2. The summed E-state index contributed by atoms with van der Waals surface area (Å²) in [4.78, 5) is 26.9. The van der Waals surface area contributed by atoms with Crippen molar-refractivity contribution >= 4 is 22.6 Å². The number of hydrogen-bond acceptors (Lipinski definition) is 3. The SMILES string of the molecule is NCCCCCCCCCN1C(=O)c2cccc3cccc(c23)C1=O. The third-order valence-electron chi connectivity index (χ3n) is 4.94. The van der Waals surface area contributed by atoms with E-state index >= 15 is 0 Å². The number of nitrogens with two attached hydrogens (primary N) is 1. The van der Waals surface area contributed by atoms with Crippen LogP contribution >= 0.6 is 0 Å². The first kappa shape index (κ1) is 17.6. The van der Waals surface area contributed by atoms with Crippen LogP contribution in [0.1, 0.15) is 65.7 Å². The zero-order chi connectivity index (χ0) is 17.6. The molecule has 0 fully saturated rings. The summed E-state index contributed by atoms with van der Waals surface area (Å²) < 4.78 is 0. The van der Waals surface area contributed by atoms with Crippen molar-refractivity contribution in [3.63, 3.8) is 0 Å². The van der Waals surface area contributed by atoms with Crippen LogP contribution in [0.25, 0.3) is 10.8 Å². The van der Waals surface area contributed by atoms with Gasteiger partial charge < -0.3 is 5.73 Å². The van der Waals surface area contributed by atoms with Crippen molar-refractivity contribution in [3.8, 4) is 0 Å². The van der Waals surface area contributed by atoms with Gasteiger partial charge in [-0.1, -0.05) is 56.4 Å². The minimum atomic E-state index is -0.155. The lowest BCUT2D eigenvalue weighted by Gasteiger charge is -2.27. The van der Waals surface area contributed by atoms with E-state index in [1.54, 1.807) is 0 Å². The maximum absolute atomic E-state index is 12.7. The molecule has 2 aromatic carbocycles. The summed E-state index contributed by atoms with van der Waals surface area (Å²) >= 11 is 0. The van der Waals surface area contributed by atoms with Crippen molar-refractivity contribution in [1.82, 2.24) is 4.90 Å². The molecule has 0 saturated heterocycles. The molecule has 0 aliphatic carbocycles. The number of rotatable bonds is 9. The van der Waals surface area contributed by atoms with Crippen LogP contribution in [0.2, 0.25) is 0 Å². The highest BCUT2D eigenvalue weighted by Gasteiger charge is 2.31. The molecule has 3 rings (SSSR count). The molecule has 1 heterocycles. The summed E-state index contributed by atoms with van der Waals surface area (Å²) in [7, 11) is 0. The van der Waals surface area contributed by atoms with Gasteiger partial charge in [0.05, 0.1) is 0 Å². The first-order chi connectivity index (χ1) is 12.2. The van der Waals surface area contributed by atoms with Crippen molar-refractivity contribution in [1.29, 1.82) is 0 Å². The summed E-state index contributed by atoms with van der Waals surface area (Å²) in [6.45, 7) is 1.28. The van der Waals surface area contributed by atoms with E-state index in [0.717, 1.165) is 43.0 Å². The lowest BCUT2D eigenvalue weighted by atomic mass is 9.94. The Balaban J connectivity index is 1.59. The highest BCUT2D eigenvalue weighted by atomic mass is 16.2. The summed E-state index contributed by atoms with van der Waals surface area (Å²) in [5.41, 5.74) is 6.79. The van der Waals surface area contributed by atoms with Crippen molar-refractivity contribution in [3.05, 3.63) is 47.5 Å². The molecule has 0 radical (unpaired) electrons. The number of carbonyl (C=O) groups is 2. The second-order valence-corrected chi connectivity index (χ2v) is 6.73. The van der Waals surface area contributed by atoms with Gasteiger partial charge in [-0.25, -0.2) is 0 Å². The highest BCUT2D eigenvalue weighted by Crippen LogP contribution is 2.30. The monoisotopic (exact) mass is 338 g/mol. The smallest absolute Gasteiger partial charge is 0.261 e. The van der Waals surface area contributed by atoms with Gasteiger partial charge in [0.15, 0.2) is 0 Å². The predicted octanol–water partition coefficient (Wildman–Crippen LogP) is 4.13. The van der Waals surface area contributed by atoms with Gasteiger partial charge in [-0.15, -0.1) is 0 Å². The quantitative estimate of drug-likeness (QED) is 0.552. The Hall–Kier alpha value is -2.20. The van der Waals surface area contributed by atoms with Gasteiger partial charge in [0, 0.05) is 23.1 Å². The summed E-state index contributed by atoms with van der Waals surface area (Å²) in [6, 6.07) is 11.3. The van der Waals surface area contributed by atoms with E-state index in [9.17, 15) is 9.59 Å². The predicted molar refractivity (Wildman–Crippen MR) is 101 cm³/mol. The number of carbonyl (C=O) groups excluding carboxylic acids is 2. The van der Waals surface area contributed by atoms with E-state index in [2.05, 4.69) is 0 Å². The summed E-state index contributed by atoms with van der Waals surface area (Å²) in [6.07, 6.45) is 7.77. The first-order valence-corrected chi connectivity index (χ1v) is 9.32. The van der Waals surface area contributed by atoms with E-state index in [4.69, 9.17) is 5.73 Å². The Kier molecular flexibility index (Phi) is 5.82. The minimum absolute atomic E-state index is 0.155. The fourth-order valence-corrected chi connectivity index (χ4v) is 3.58. The second-order valence-electron chi connectivity index (χ2n) is 6.73. The number of nitrogens with zero attached hydrogens (tertiary/aromatic N) is 1. The van der Waals surface area contributed by atoms with Crippen molar-refractivity contribution in [2.24, 2.45) is 5.73 Å². The molecule has 0 saturated carbocycles. The number of amides is 2. The van der Waals surface area contributed by atoms with Crippen LogP contribution in [0.3, 0.4) is 0 Å². The zero-order valence-electron chi connectivity index (χ0n) is 14.7. The van der Waals surface area contributed by atoms with Crippen molar-refractivity contribution in [2.75, 3.05) is 13.1 Å². The van der Waals surface area contributed by atoms with Crippen LogP contribution in [0.4, 0.5) is 0 Å². The van der Waals surface area contributed by atoms with Gasteiger partial charge in [-0.3, -0.25) is 14.5 Å². The molecule has 2 amide bonds. The number of hydrogen-bond donors (Lipinski definition) is 1. The molecule has 0 aromatic heterocycles. The fourth-order valence-electron chi connectivity index (χ4n) is 3.58. The molecular weight excluding hydrogens is 312 g/mol. The van der Waals surface area contributed by atoms with Crippen molar-refractivity contribution < 1.29 is 9.59 Å². The normalized spacial score (nSPS) is 13.7. The van der Waals surface area contributed by atoms with Gasteiger partial charge in [-0.2, -0.15) is 0 Å². The largest absolute Gasteiger partial charge is 0.330 e. The van der Waals surface area contributed by atoms with E-state index in [0.29, 0.717) is 17.7 Å². The molecule has 1 aliphatic heterocycles. The van der Waals surface area contributed by atoms with Crippen LogP contribution in [0.5, 0.6) is 0 Å². The molecule has 0 unspecified atom stereocenters. The Morgan fingerprint density at radius 2 is 1.24 bits per heavy atom. The van der Waals surface area contributed by atoms with E-state index in [1.807, 2.05) is 36.4 Å². The van der Waals surface area contributed by atoms with Crippen LogP contribution in [0.15, 0.2) is 36.4 Å². The third-order valence-corrected chi connectivity index (χ3v) is 4.94. The third kappa shape index (κ3) is 3.74. The maximum Gasteiger partial charge on any atom is 0.261 e. The Labute approximate surface area is 149 Å². The molecule has 0 spiro atoms. The zero-order valence-corrected chi connectivity index (χ0v) is 14.7. The molecule has 132 valence electrons. The number of imide groups is 1. The first-order valence-electron chi connectivity index (χ1n) is 9.32. The topological polar surface area (TPSA) is 63.4 Å². The van der Waals surface area contributed by atoms with Crippen LogP contribution in [-0.4, -0.2) is 29.8 Å². The molecule has 0 bridgehead atoms. The van der Waals surface area contributed by atoms with Gasteiger partial charge in [0.2, 0.25) is 0 Å². The number of unbranched alkanes of at least 4 members (excludes halogenated alkanes) is 6. The lowest BCUT2D eigenvalue weighted by Crippen LogP contribution is -2.40. The number of benzene rings is 2. The van der Waals surface area contributed by atoms with Gasteiger partial charge in [0.25, 0.3) is 11.8 Å². The minimum Gasteiger partial charge on any atom is -0.330 e. The molecule has 0 atom stereocenters. The van der Waals surface area contributed by atoms with Crippen LogP contribution < -0.4 is 5.73 Å². The summed E-state index contributed by atoms with van der Waals surface area (Å²) in [5.74, 6) is -0.311. The van der Waals surface area contributed by atoms with Gasteiger partial charge >= 0.3 is 0 Å². The molecule has 4 nitrogen and oxygen atoms in total. The Bertz CT molecular complexity index is 719. The van der Waals surface area contributed by atoms with E-state index in [-0.39, 0.29) is 11.8 Å². The van der Waals surface area contributed by atoms with Crippen molar-refractivity contribution in [2.45, 2.75) is 44.9 Å². The molecule has 25 heavy (non-hydrogen) atoms. The van der Waals surface area contributed by atoms with Crippen LogP contribution in [-0.2, 0) is 0 Å². The van der Waals surface area contributed by atoms with Crippen LogP contribution in [0, 0.1) is 0 Å². The van der Waals surface area contributed by atoms with E-state index in [1.165, 1.54) is 24.2 Å². The average Bonchev–Trinajstić information content (AvgIpc) is 2.64.